The number of benzene rings is 3. The molecule has 160 valence electrons. The number of pyridine rings is 1. The summed E-state index contributed by atoms with van der Waals surface area (Å²) in [5, 5.41) is 10.6. The molecule has 0 saturated carbocycles. The second kappa shape index (κ2) is 9.72. The van der Waals surface area contributed by atoms with Crippen LogP contribution in [-0.4, -0.2) is 23.5 Å². The number of nitrogens with two attached hydrogens (primary N) is 1. The third-order valence-electron chi connectivity index (χ3n) is 5.03. The molecule has 7 nitrogen and oxygen atoms in total. The van der Waals surface area contributed by atoms with Crippen molar-refractivity contribution in [2.24, 2.45) is 5.73 Å². The highest BCUT2D eigenvalue weighted by molar-refractivity contribution is 6.04. The van der Waals surface area contributed by atoms with Gasteiger partial charge in [-0.1, -0.05) is 42.5 Å². The number of urea groups is 1. The minimum absolute atomic E-state index is 0.218. The van der Waals surface area contributed by atoms with Crippen molar-refractivity contribution in [2.75, 3.05) is 17.2 Å². The first kappa shape index (κ1) is 21.0. The van der Waals surface area contributed by atoms with Gasteiger partial charge in [0.25, 0.3) is 5.91 Å². The van der Waals surface area contributed by atoms with Crippen LogP contribution in [0.5, 0.6) is 0 Å². The molecule has 0 saturated heterocycles. The smallest absolute Gasteiger partial charge is 0.319 e. The van der Waals surface area contributed by atoms with E-state index in [1.165, 1.54) is 0 Å². The molecule has 3 amide bonds. The molecule has 0 radical (unpaired) electrons. The van der Waals surface area contributed by atoms with Gasteiger partial charge < -0.3 is 21.7 Å². The van der Waals surface area contributed by atoms with Crippen molar-refractivity contribution in [3.8, 4) is 0 Å². The molecule has 3 aromatic carbocycles. The Hall–Kier alpha value is -4.23. The van der Waals surface area contributed by atoms with Crippen molar-refractivity contribution in [3.63, 3.8) is 0 Å². The van der Waals surface area contributed by atoms with Crippen LogP contribution in [0.3, 0.4) is 0 Å². The van der Waals surface area contributed by atoms with Crippen LogP contribution < -0.4 is 21.7 Å². The maximum absolute atomic E-state index is 12.3. The highest BCUT2D eigenvalue weighted by Crippen LogP contribution is 2.19. The van der Waals surface area contributed by atoms with E-state index in [2.05, 4.69) is 20.9 Å². The third kappa shape index (κ3) is 5.27. The SMILES string of the molecule is NC(CNC(=O)Nc1ccc2ccccc2c1)c1ccc(C(=O)Nc2ccncc2)cc1. The van der Waals surface area contributed by atoms with E-state index in [-0.39, 0.29) is 18.5 Å². The van der Waals surface area contributed by atoms with Crippen LogP contribution in [0, 0.1) is 0 Å². The Morgan fingerprint density at radius 1 is 0.812 bits per heavy atom. The number of nitrogens with zero attached hydrogens (tertiary/aromatic N) is 1. The number of carbonyl (C=O) groups excluding carboxylic acids is 2. The van der Waals surface area contributed by atoms with Crippen LogP contribution in [0.15, 0.2) is 91.3 Å². The fourth-order valence-electron chi connectivity index (χ4n) is 3.28. The highest BCUT2D eigenvalue weighted by Gasteiger charge is 2.11. The Morgan fingerprint density at radius 2 is 1.53 bits per heavy atom. The molecule has 0 spiro atoms. The van der Waals surface area contributed by atoms with Crippen molar-refractivity contribution < 1.29 is 9.59 Å². The number of anilines is 2. The minimum Gasteiger partial charge on any atom is -0.336 e. The Kier molecular flexibility index (Phi) is 6.38. The molecule has 4 rings (SSSR count). The van der Waals surface area contributed by atoms with Gasteiger partial charge in [-0.05, 0) is 52.7 Å². The van der Waals surface area contributed by atoms with Gasteiger partial charge in [-0.2, -0.15) is 0 Å². The van der Waals surface area contributed by atoms with Crippen molar-refractivity contribution in [1.82, 2.24) is 10.3 Å². The fourth-order valence-corrected chi connectivity index (χ4v) is 3.28. The summed E-state index contributed by atoms with van der Waals surface area (Å²) < 4.78 is 0. The molecular formula is C25H23N5O2. The first-order chi connectivity index (χ1) is 15.6. The molecule has 0 aliphatic heterocycles. The lowest BCUT2D eigenvalue weighted by Gasteiger charge is -2.14. The summed E-state index contributed by atoms with van der Waals surface area (Å²) in [6.45, 7) is 0.252. The quantitative estimate of drug-likeness (QED) is 0.369. The molecule has 32 heavy (non-hydrogen) atoms. The van der Waals surface area contributed by atoms with Crippen LogP contribution in [0.1, 0.15) is 22.0 Å². The van der Waals surface area contributed by atoms with Gasteiger partial charge >= 0.3 is 6.03 Å². The van der Waals surface area contributed by atoms with Crippen molar-refractivity contribution >= 4 is 34.1 Å². The van der Waals surface area contributed by atoms with E-state index in [0.29, 0.717) is 16.9 Å². The monoisotopic (exact) mass is 425 g/mol. The number of aromatic nitrogens is 1. The molecule has 0 bridgehead atoms. The molecule has 5 N–H and O–H groups in total. The van der Waals surface area contributed by atoms with Crippen molar-refractivity contribution in [3.05, 3.63) is 102 Å². The first-order valence-corrected chi connectivity index (χ1v) is 10.2. The summed E-state index contributed by atoms with van der Waals surface area (Å²) in [5.74, 6) is -0.218. The summed E-state index contributed by atoms with van der Waals surface area (Å²) in [5.41, 5.74) is 8.92. The van der Waals surface area contributed by atoms with Gasteiger partial charge in [0.1, 0.15) is 0 Å². The van der Waals surface area contributed by atoms with E-state index in [0.717, 1.165) is 16.3 Å². The Morgan fingerprint density at radius 3 is 2.28 bits per heavy atom. The Labute approximate surface area is 185 Å². The van der Waals surface area contributed by atoms with Crippen LogP contribution in [0.2, 0.25) is 0 Å². The highest BCUT2D eigenvalue weighted by atomic mass is 16.2. The number of carbonyl (C=O) groups is 2. The third-order valence-corrected chi connectivity index (χ3v) is 5.03. The lowest BCUT2D eigenvalue weighted by atomic mass is 10.1. The van der Waals surface area contributed by atoms with Gasteiger partial charge in [0, 0.05) is 41.9 Å². The molecule has 1 aromatic heterocycles. The van der Waals surface area contributed by atoms with Crippen molar-refractivity contribution in [1.29, 1.82) is 0 Å². The average Bonchev–Trinajstić information content (AvgIpc) is 2.83. The summed E-state index contributed by atoms with van der Waals surface area (Å²) in [7, 11) is 0. The number of hydrogen-bond acceptors (Lipinski definition) is 4. The topological polar surface area (TPSA) is 109 Å². The van der Waals surface area contributed by atoms with Gasteiger partial charge in [-0.25, -0.2) is 4.79 Å². The lowest BCUT2D eigenvalue weighted by Crippen LogP contribution is -2.35. The van der Waals surface area contributed by atoms with Gasteiger partial charge in [-0.15, -0.1) is 0 Å². The van der Waals surface area contributed by atoms with E-state index in [1.807, 2.05) is 42.5 Å². The molecule has 0 aliphatic carbocycles. The van der Waals surface area contributed by atoms with Gasteiger partial charge in [0.2, 0.25) is 0 Å². The van der Waals surface area contributed by atoms with E-state index in [1.54, 1.807) is 48.8 Å². The van der Waals surface area contributed by atoms with E-state index in [4.69, 9.17) is 5.73 Å². The van der Waals surface area contributed by atoms with Crippen molar-refractivity contribution in [2.45, 2.75) is 6.04 Å². The number of rotatable bonds is 6. The summed E-state index contributed by atoms with van der Waals surface area (Å²) in [6, 6.07) is 23.4. The maximum atomic E-state index is 12.3. The summed E-state index contributed by atoms with van der Waals surface area (Å²) >= 11 is 0. The largest absolute Gasteiger partial charge is 0.336 e. The number of hydrogen-bond donors (Lipinski definition) is 4. The normalized spacial score (nSPS) is 11.5. The van der Waals surface area contributed by atoms with Crippen LogP contribution in [-0.2, 0) is 0 Å². The summed E-state index contributed by atoms with van der Waals surface area (Å²) in [4.78, 5) is 28.5. The fraction of sp³-hybridized carbons (Fsp3) is 0.0800. The zero-order valence-electron chi connectivity index (χ0n) is 17.3. The second-order valence-corrected chi connectivity index (χ2v) is 7.32. The zero-order chi connectivity index (χ0) is 22.3. The lowest BCUT2D eigenvalue weighted by molar-refractivity contribution is 0.102. The Balaban J connectivity index is 1.29. The molecule has 1 unspecified atom stereocenters. The second-order valence-electron chi connectivity index (χ2n) is 7.32. The van der Waals surface area contributed by atoms with E-state index >= 15 is 0 Å². The molecule has 1 atom stereocenters. The van der Waals surface area contributed by atoms with Gasteiger partial charge in [-0.3, -0.25) is 9.78 Å². The van der Waals surface area contributed by atoms with Gasteiger partial charge in [0.05, 0.1) is 0 Å². The molecular weight excluding hydrogens is 402 g/mol. The van der Waals surface area contributed by atoms with Gasteiger partial charge in [0.15, 0.2) is 0 Å². The molecule has 0 fully saturated rings. The predicted molar refractivity (Wildman–Crippen MR) is 127 cm³/mol. The molecule has 4 aromatic rings. The summed E-state index contributed by atoms with van der Waals surface area (Å²) in [6.07, 6.45) is 3.22. The zero-order valence-corrected chi connectivity index (χ0v) is 17.3. The predicted octanol–water partition coefficient (Wildman–Crippen LogP) is 4.31. The van der Waals surface area contributed by atoms with Crippen LogP contribution >= 0.6 is 0 Å². The number of amides is 3. The Bertz CT molecular complexity index is 1230. The number of nitrogens with one attached hydrogen (secondary N) is 3. The minimum atomic E-state index is -0.408. The van der Waals surface area contributed by atoms with Crippen LogP contribution in [0.4, 0.5) is 16.2 Å². The average molecular weight is 425 g/mol. The van der Waals surface area contributed by atoms with E-state index in [9.17, 15) is 9.59 Å². The van der Waals surface area contributed by atoms with Crippen LogP contribution in [0.25, 0.3) is 10.8 Å². The molecule has 1 heterocycles. The first-order valence-electron chi connectivity index (χ1n) is 10.2. The number of fused-ring (bicyclic) bond motifs is 1. The maximum Gasteiger partial charge on any atom is 0.319 e. The molecule has 7 heteroatoms. The standard InChI is InChI=1S/C25H23N5O2/c26-23(16-28-25(32)30-22-10-9-17-3-1-2-4-20(17)15-22)18-5-7-19(8-6-18)24(31)29-21-11-13-27-14-12-21/h1-15,23H,16,26H2,(H,27,29,31)(H2,28,30,32). The van der Waals surface area contributed by atoms with E-state index < -0.39 is 6.04 Å². The molecule has 0 aliphatic rings.